The van der Waals surface area contributed by atoms with Crippen LogP contribution in [-0.2, 0) is 0 Å². The highest BCUT2D eigenvalue weighted by Gasteiger charge is 2.22. The molecule has 1 aliphatic carbocycles. The number of aromatic nitrogens is 2. The van der Waals surface area contributed by atoms with E-state index in [4.69, 9.17) is 11.6 Å². The highest BCUT2D eigenvalue weighted by Crippen LogP contribution is 2.37. The zero-order chi connectivity index (χ0) is 13.4. The van der Waals surface area contributed by atoms with Crippen molar-refractivity contribution >= 4 is 22.6 Å². The molecule has 2 N–H and O–H groups in total. The second kappa shape index (κ2) is 4.85. The SMILES string of the molecule is O=c1[nH]c2ccc(C(Cl)CC3CCC3)cc2[nH]c1=O. The number of fused-ring (bicyclic) bond motifs is 1. The van der Waals surface area contributed by atoms with Gasteiger partial charge in [0.25, 0.3) is 0 Å². The Morgan fingerprint density at radius 2 is 1.84 bits per heavy atom. The average Bonchev–Trinajstić information content (AvgIpc) is 2.34. The minimum Gasteiger partial charge on any atom is -0.316 e. The fraction of sp³-hybridized carbons (Fsp3) is 0.429. The normalized spacial score (nSPS) is 17.3. The van der Waals surface area contributed by atoms with E-state index in [2.05, 4.69) is 9.97 Å². The van der Waals surface area contributed by atoms with Crippen LogP contribution in [0.25, 0.3) is 11.0 Å². The highest BCUT2D eigenvalue weighted by molar-refractivity contribution is 6.20. The molecule has 3 rings (SSSR count). The molecule has 100 valence electrons. The van der Waals surface area contributed by atoms with Crippen LogP contribution in [0.1, 0.15) is 36.6 Å². The number of hydrogen-bond acceptors (Lipinski definition) is 2. The van der Waals surface area contributed by atoms with Gasteiger partial charge >= 0.3 is 11.1 Å². The van der Waals surface area contributed by atoms with Gasteiger partial charge in [-0.15, -0.1) is 11.6 Å². The third-order valence-electron chi connectivity index (χ3n) is 3.87. The van der Waals surface area contributed by atoms with Crippen molar-refractivity contribution in [3.8, 4) is 0 Å². The number of aromatic amines is 2. The van der Waals surface area contributed by atoms with E-state index in [1.165, 1.54) is 19.3 Å². The largest absolute Gasteiger partial charge is 0.316 e. The summed E-state index contributed by atoms with van der Waals surface area (Å²) in [6, 6.07) is 5.55. The number of nitrogens with one attached hydrogen (secondary N) is 2. The quantitative estimate of drug-likeness (QED) is 0.670. The lowest BCUT2D eigenvalue weighted by Crippen LogP contribution is -2.28. The minimum atomic E-state index is -0.630. The van der Waals surface area contributed by atoms with Gasteiger partial charge in [0.2, 0.25) is 0 Å². The number of benzene rings is 1. The van der Waals surface area contributed by atoms with E-state index in [1.807, 2.05) is 12.1 Å². The summed E-state index contributed by atoms with van der Waals surface area (Å²) in [6.07, 6.45) is 4.81. The number of hydrogen-bond donors (Lipinski definition) is 2. The molecule has 1 heterocycles. The fourth-order valence-electron chi connectivity index (χ4n) is 2.48. The van der Waals surface area contributed by atoms with Crippen LogP contribution in [-0.4, -0.2) is 9.97 Å². The van der Waals surface area contributed by atoms with Crippen LogP contribution in [0, 0.1) is 5.92 Å². The molecule has 1 fully saturated rings. The van der Waals surface area contributed by atoms with E-state index >= 15 is 0 Å². The average molecular weight is 279 g/mol. The number of halogens is 1. The number of alkyl halides is 1. The molecule has 0 saturated heterocycles. The predicted octanol–water partition coefficient (Wildman–Crippen LogP) is 2.69. The zero-order valence-electron chi connectivity index (χ0n) is 10.4. The topological polar surface area (TPSA) is 65.7 Å². The summed E-state index contributed by atoms with van der Waals surface area (Å²) in [6.45, 7) is 0. The highest BCUT2D eigenvalue weighted by atomic mass is 35.5. The predicted molar refractivity (Wildman–Crippen MR) is 75.7 cm³/mol. The lowest BCUT2D eigenvalue weighted by Gasteiger charge is -2.27. The van der Waals surface area contributed by atoms with Gasteiger partial charge < -0.3 is 9.97 Å². The van der Waals surface area contributed by atoms with Crippen molar-refractivity contribution in [2.45, 2.75) is 31.1 Å². The van der Waals surface area contributed by atoms with Crippen molar-refractivity contribution in [2.75, 3.05) is 0 Å². The molecule has 0 amide bonds. The maximum absolute atomic E-state index is 11.3. The molecule has 1 saturated carbocycles. The first-order chi connectivity index (χ1) is 9.13. The van der Waals surface area contributed by atoms with Crippen molar-refractivity contribution in [3.63, 3.8) is 0 Å². The molecule has 0 spiro atoms. The van der Waals surface area contributed by atoms with Crippen LogP contribution in [0.5, 0.6) is 0 Å². The van der Waals surface area contributed by atoms with Gasteiger partial charge in [-0.05, 0) is 30.0 Å². The van der Waals surface area contributed by atoms with Crippen molar-refractivity contribution in [1.82, 2.24) is 9.97 Å². The standard InChI is InChI=1S/C14H15ClN2O2/c15-10(6-8-2-1-3-8)9-4-5-11-12(7-9)17-14(19)13(18)16-11/h4-5,7-8,10H,1-3,6H2,(H,16,18)(H,17,19). The zero-order valence-corrected chi connectivity index (χ0v) is 11.2. The molecule has 1 aromatic carbocycles. The van der Waals surface area contributed by atoms with Gasteiger partial charge in [0.05, 0.1) is 16.4 Å². The van der Waals surface area contributed by atoms with E-state index in [0.29, 0.717) is 11.0 Å². The third-order valence-corrected chi connectivity index (χ3v) is 4.30. The molecule has 19 heavy (non-hydrogen) atoms. The molecule has 5 heteroatoms. The van der Waals surface area contributed by atoms with Gasteiger partial charge in [-0.2, -0.15) is 0 Å². The van der Waals surface area contributed by atoms with E-state index in [-0.39, 0.29) is 5.38 Å². The van der Waals surface area contributed by atoms with E-state index in [9.17, 15) is 9.59 Å². The Morgan fingerprint density at radius 1 is 1.16 bits per heavy atom. The summed E-state index contributed by atoms with van der Waals surface area (Å²) in [5.41, 5.74) is 0.984. The van der Waals surface area contributed by atoms with Gasteiger partial charge in [-0.25, -0.2) is 0 Å². The summed E-state index contributed by atoms with van der Waals surface area (Å²) >= 11 is 6.42. The molecular weight excluding hydrogens is 264 g/mol. The second-order valence-corrected chi connectivity index (χ2v) is 5.74. The van der Waals surface area contributed by atoms with E-state index < -0.39 is 11.1 Å². The van der Waals surface area contributed by atoms with E-state index in [0.717, 1.165) is 17.9 Å². The minimum absolute atomic E-state index is 0.0369. The van der Waals surface area contributed by atoms with Crippen LogP contribution < -0.4 is 11.1 Å². The molecule has 1 aromatic heterocycles. The second-order valence-electron chi connectivity index (χ2n) is 5.21. The molecule has 0 aliphatic heterocycles. The molecule has 2 aromatic rings. The van der Waals surface area contributed by atoms with Crippen molar-refractivity contribution in [3.05, 3.63) is 44.5 Å². The van der Waals surface area contributed by atoms with Gasteiger partial charge in [-0.3, -0.25) is 9.59 Å². The summed E-state index contributed by atoms with van der Waals surface area (Å²) in [7, 11) is 0. The Labute approximate surface area is 114 Å². The Morgan fingerprint density at radius 3 is 2.47 bits per heavy atom. The first-order valence-corrected chi connectivity index (χ1v) is 6.97. The summed E-state index contributed by atoms with van der Waals surface area (Å²) in [5, 5.41) is -0.0369. The van der Waals surface area contributed by atoms with Gasteiger partial charge in [-0.1, -0.05) is 25.3 Å². The van der Waals surface area contributed by atoms with Crippen molar-refractivity contribution in [2.24, 2.45) is 5.92 Å². The Kier molecular flexibility index (Phi) is 3.19. The monoisotopic (exact) mass is 278 g/mol. The molecule has 1 unspecified atom stereocenters. The van der Waals surface area contributed by atoms with Crippen LogP contribution in [0.15, 0.2) is 27.8 Å². The van der Waals surface area contributed by atoms with Gasteiger partial charge in [0.15, 0.2) is 0 Å². The molecule has 0 radical (unpaired) electrons. The van der Waals surface area contributed by atoms with Crippen LogP contribution in [0.4, 0.5) is 0 Å². The lowest BCUT2D eigenvalue weighted by atomic mass is 9.81. The van der Waals surface area contributed by atoms with E-state index in [1.54, 1.807) is 6.07 Å². The smallest absolute Gasteiger partial charge is 0.314 e. The van der Waals surface area contributed by atoms with Gasteiger partial charge in [0, 0.05) is 0 Å². The van der Waals surface area contributed by atoms with Crippen molar-refractivity contribution < 1.29 is 0 Å². The fourth-order valence-corrected chi connectivity index (χ4v) is 2.87. The van der Waals surface area contributed by atoms with Crippen LogP contribution in [0.2, 0.25) is 0 Å². The lowest BCUT2D eigenvalue weighted by molar-refractivity contribution is 0.293. The number of H-pyrrole nitrogens is 2. The first kappa shape index (κ1) is 12.5. The van der Waals surface area contributed by atoms with Crippen LogP contribution in [0.3, 0.4) is 0 Å². The molecule has 1 atom stereocenters. The maximum Gasteiger partial charge on any atom is 0.314 e. The number of rotatable bonds is 3. The Balaban J connectivity index is 1.93. The molecule has 1 aliphatic rings. The van der Waals surface area contributed by atoms with Gasteiger partial charge in [0.1, 0.15) is 0 Å². The molecule has 0 bridgehead atoms. The maximum atomic E-state index is 11.3. The van der Waals surface area contributed by atoms with Crippen LogP contribution >= 0.6 is 11.6 Å². The first-order valence-electron chi connectivity index (χ1n) is 6.54. The molecular formula is C14H15ClN2O2. The summed E-state index contributed by atoms with van der Waals surface area (Å²) in [5.74, 6) is 0.729. The van der Waals surface area contributed by atoms with Crippen molar-refractivity contribution in [1.29, 1.82) is 0 Å². The third kappa shape index (κ3) is 2.45. The summed E-state index contributed by atoms with van der Waals surface area (Å²) < 4.78 is 0. The molecule has 4 nitrogen and oxygen atoms in total. The Bertz CT molecular complexity index is 715. The summed E-state index contributed by atoms with van der Waals surface area (Å²) in [4.78, 5) is 27.7. The Hall–Kier alpha value is -1.55.